The minimum atomic E-state index is -0.180. The lowest BCUT2D eigenvalue weighted by Gasteiger charge is -2.23. The summed E-state index contributed by atoms with van der Waals surface area (Å²) in [4.78, 5) is 13.7. The zero-order valence-corrected chi connectivity index (χ0v) is 9.56. The molecule has 1 heterocycles. The van der Waals surface area contributed by atoms with E-state index in [1.54, 1.807) is 0 Å². The SMILES string of the molecule is CCCC(=O)N1CCOC1c1ccccc1. The van der Waals surface area contributed by atoms with Crippen LogP contribution in [0.15, 0.2) is 30.3 Å². The van der Waals surface area contributed by atoms with Crippen LogP contribution in [0.4, 0.5) is 0 Å². The minimum Gasteiger partial charge on any atom is -0.352 e. The van der Waals surface area contributed by atoms with E-state index in [2.05, 4.69) is 0 Å². The van der Waals surface area contributed by atoms with Crippen LogP contribution in [-0.2, 0) is 9.53 Å². The van der Waals surface area contributed by atoms with Crippen LogP contribution < -0.4 is 0 Å². The Morgan fingerprint density at radius 2 is 2.19 bits per heavy atom. The number of nitrogens with zero attached hydrogens (tertiary/aromatic N) is 1. The number of amides is 1. The van der Waals surface area contributed by atoms with Gasteiger partial charge in [0.25, 0.3) is 0 Å². The van der Waals surface area contributed by atoms with Crippen molar-refractivity contribution in [3.05, 3.63) is 35.9 Å². The summed E-state index contributed by atoms with van der Waals surface area (Å²) in [5.74, 6) is 0.189. The summed E-state index contributed by atoms with van der Waals surface area (Å²) in [6, 6.07) is 9.92. The van der Waals surface area contributed by atoms with Crippen LogP contribution in [0.2, 0.25) is 0 Å². The average Bonchev–Trinajstić information content (AvgIpc) is 2.79. The summed E-state index contributed by atoms with van der Waals surface area (Å²) in [6.45, 7) is 3.36. The van der Waals surface area contributed by atoms with E-state index in [1.165, 1.54) is 0 Å². The molecular formula is C13H17NO2. The fourth-order valence-corrected chi connectivity index (χ4v) is 1.98. The normalized spacial score (nSPS) is 20.1. The first-order chi connectivity index (χ1) is 7.83. The van der Waals surface area contributed by atoms with Crippen molar-refractivity contribution in [1.82, 2.24) is 4.90 Å². The number of carbonyl (C=O) groups is 1. The molecule has 1 aromatic rings. The molecule has 86 valence electrons. The molecule has 1 aliphatic heterocycles. The molecule has 3 heteroatoms. The van der Waals surface area contributed by atoms with E-state index < -0.39 is 0 Å². The first-order valence-corrected chi connectivity index (χ1v) is 5.79. The lowest BCUT2D eigenvalue weighted by atomic mass is 10.2. The van der Waals surface area contributed by atoms with Crippen LogP contribution in [0.5, 0.6) is 0 Å². The van der Waals surface area contributed by atoms with Crippen molar-refractivity contribution in [2.75, 3.05) is 13.2 Å². The summed E-state index contributed by atoms with van der Waals surface area (Å²) in [7, 11) is 0. The van der Waals surface area contributed by atoms with Crippen molar-refractivity contribution in [2.24, 2.45) is 0 Å². The zero-order chi connectivity index (χ0) is 11.4. The average molecular weight is 219 g/mol. The Kier molecular flexibility index (Phi) is 3.57. The van der Waals surface area contributed by atoms with Gasteiger partial charge in [0.15, 0.2) is 6.23 Å². The maximum atomic E-state index is 11.9. The molecule has 1 amide bonds. The van der Waals surface area contributed by atoms with Crippen molar-refractivity contribution in [3.8, 4) is 0 Å². The van der Waals surface area contributed by atoms with E-state index in [0.717, 1.165) is 12.0 Å². The number of rotatable bonds is 3. The van der Waals surface area contributed by atoms with Crippen LogP contribution in [0, 0.1) is 0 Å². The molecule has 0 aliphatic carbocycles. The molecule has 0 spiro atoms. The largest absolute Gasteiger partial charge is 0.352 e. The number of carbonyl (C=O) groups excluding carboxylic acids is 1. The van der Waals surface area contributed by atoms with E-state index in [4.69, 9.17) is 4.74 Å². The highest BCUT2D eigenvalue weighted by molar-refractivity contribution is 5.76. The Balaban J connectivity index is 2.12. The van der Waals surface area contributed by atoms with Gasteiger partial charge in [-0.05, 0) is 6.42 Å². The number of ether oxygens (including phenoxy) is 1. The Hall–Kier alpha value is -1.35. The molecule has 1 aromatic carbocycles. The van der Waals surface area contributed by atoms with Gasteiger partial charge in [0.05, 0.1) is 6.61 Å². The second kappa shape index (κ2) is 5.12. The van der Waals surface area contributed by atoms with Crippen LogP contribution >= 0.6 is 0 Å². The zero-order valence-electron chi connectivity index (χ0n) is 9.56. The Labute approximate surface area is 96.0 Å². The fraction of sp³-hybridized carbons (Fsp3) is 0.462. The van der Waals surface area contributed by atoms with Crippen LogP contribution in [-0.4, -0.2) is 24.0 Å². The maximum absolute atomic E-state index is 11.9. The van der Waals surface area contributed by atoms with Crippen LogP contribution in [0.1, 0.15) is 31.6 Å². The summed E-state index contributed by atoms with van der Waals surface area (Å²) >= 11 is 0. The van der Waals surface area contributed by atoms with Crippen molar-refractivity contribution < 1.29 is 9.53 Å². The van der Waals surface area contributed by atoms with Gasteiger partial charge in [-0.15, -0.1) is 0 Å². The van der Waals surface area contributed by atoms with E-state index in [1.807, 2.05) is 42.2 Å². The minimum absolute atomic E-state index is 0.180. The molecule has 16 heavy (non-hydrogen) atoms. The quantitative estimate of drug-likeness (QED) is 0.781. The van der Waals surface area contributed by atoms with Gasteiger partial charge in [0, 0.05) is 18.5 Å². The molecule has 1 aliphatic rings. The van der Waals surface area contributed by atoms with E-state index in [9.17, 15) is 4.79 Å². The summed E-state index contributed by atoms with van der Waals surface area (Å²) in [5.41, 5.74) is 1.06. The third kappa shape index (κ3) is 2.25. The molecule has 1 unspecified atom stereocenters. The van der Waals surface area contributed by atoms with Crippen LogP contribution in [0.3, 0.4) is 0 Å². The lowest BCUT2D eigenvalue weighted by molar-refractivity contribution is -0.136. The second-order valence-corrected chi connectivity index (χ2v) is 3.97. The van der Waals surface area contributed by atoms with Gasteiger partial charge in [-0.1, -0.05) is 37.3 Å². The summed E-state index contributed by atoms with van der Waals surface area (Å²) < 4.78 is 5.62. The highest BCUT2D eigenvalue weighted by atomic mass is 16.5. The predicted molar refractivity (Wildman–Crippen MR) is 61.8 cm³/mol. The fourth-order valence-electron chi connectivity index (χ4n) is 1.98. The van der Waals surface area contributed by atoms with Gasteiger partial charge in [-0.3, -0.25) is 4.79 Å². The van der Waals surface area contributed by atoms with Gasteiger partial charge in [0.2, 0.25) is 5.91 Å². The maximum Gasteiger partial charge on any atom is 0.224 e. The topological polar surface area (TPSA) is 29.5 Å². The van der Waals surface area contributed by atoms with E-state index in [-0.39, 0.29) is 12.1 Å². The molecule has 2 rings (SSSR count). The van der Waals surface area contributed by atoms with Crippen molar-refractivity contribution >= 4 is 5.91 Å². The monoisotopic (exact) mass is 219 g/mol. The van der Waals surface area contributed by atoms with E-state index in [0.29, 0.717) is 19.6 Å². The highest BCUT2D eigenvalue weighted by Gasteiger charge is 2.29. The van der Waals surface area contributed by atoms with Crippen molar-refractivity contribution in [1.29, 1.82) is 0 Å². The first kappa shape index (κ1) is 11.1. The van der Waals surface area contributed by atoms with Gasteiger partial charge in [0.1, 0.15) is 0 Å². The smallest absolute Gasteiger partial charge is 0.224 e. The molecule has 0 bridgehead atoms. The number of benzene rings is 1. The number of hydrogen-bond acceptors (Lipinski definition) is 2. The third-order valence-corrected chi connectivity index (χ3v) is 2.76. The molecule has 0 N–H and O–H groups in total. The van der Waals surface area contributed by atoms with Gasteiger partial charge in [-0.25, -0.2) is 0 Å². The molecule has 3 nitrogen and oxygen atoms in total. The predicted octanol–water partition coefficient (Wildman–Crippen LogP) is 2.34. The van der Waals surface area contributed by atoms with E-state index >= 15 is 0 Å². The molecule has 0 radical (unpaired) electrons. The van der Waals surface area contributed by atoms with Gasteiger partial charge >= 0.3 is 0 Å². The first-order valence-electron chi connectivity index (χ1n) is 5.79. The molecular weight excluding hydrogens is 202 g/mol. The molecule has 0 saturated carbocycles. The Morgan fingerprint density at radius 1 is 1.44 bits per heavy atom. The lowest BCUT2D eigenvalue weighted by Crippen LogP contribution is -2.30. The summed E-state index contributed by atoms with van der Waals surface area (Å²) in [5, 5.41) is 0. The van der Waals surface area contributed by atoms with Crippen LogP contribution in [0.25, 0.3) is 0 Å². The molecule has 1 saturated heterocycles. The highest BCUT2D eigenvalue weighted by Crippen LogP contribution is 2.27. The second-order valence-electron chi connectivity index (χ2n) is 3.97. The summed E-state index contributed by atoms with van der Waals surface area (Å²) in [6.07, 6.45) is 1.31. The third-order valence-electron chi connectivity index (χ3n) is 2.76. The van der Waals surface area contributed by atoms with Gasteiger partial charge in [-0.2, -0.15) is 0 Å². The number of hydrogen-bond donors (Lipinski definition) is 0. The van der Waals surface area contributed by atoms with Crippen molar-refractivity contribution in [3.63, 3.8) is 0 Å². The Bertz CT molecular complexity index is 350. The van der Waals surface area contributed by atoms with Gasteiger partial charge < -0.3 is 9.64 Å². The standard InChI is InChI=1S/C13H17NO2/c1-2-6-12(15)14-9-10-16-13(14)11-7-4-3-5-8-11/h3-5,7-8,13H,2,6,9-10H2,1H3. The molecule has 1 fully saturated rings. The van der Waals surface area contributed by atoms with Crippen molar-refractivity contribution in [2.45, 2.75) is 26.0 Å². The molecule has 0 aromatic heterocycles. The Morgan fingerprint density at radius 3 is 2.88 bits per heavy atom. The molecule has 1 atom stereocenters.